The van der Waals surface area contributed by atoms with Crippen LogP contribution in [-0.4, -0.2) is 8.42 Å². The largest absolute Gasteiger partial charge is 0.317 e. The lowest BCUT2D eigenvalue weighted by Crippen LogP contribution is -2.10. The minimum atomic E-state index is -3.72. The van der Waals surface area contributed by atoms with Gasteiger partial charge in [0.1, 0.15) is 0 Å². The van der Waals surface area contributed by atoms with Crippen molar-refractivity contribution in [3.05, 3.63) is 34.9 Å². The van der Waals surface area contributed by atoms with Crippen molar-refractivity contribution in [1.29, 1.82) is 0 Å². The molecule has 0 heterocycles. The van der Waals surface area contributed by atoms with Crippen molar-refractivity contribution in [3.63, 3.8) is 0 Å². The van der Waals surface area contributed by atoms with Crippen LogP contribution in [0.15, 0.2) is 18.2 Å². The van der Waals surface area contributed by atoms with Gasteiger partial charge in [0.2, 0.25) is 0 Å². The Balaban J connectivity index is 0.000000841. The number of halogens is 2. The van der Waals surface area contributed by atoms with E-state index in [-0.39, 0.29) is 0 Å². The molecule has 0 saturated heterocycles. The first-order valence-corrected chi connectivity index (χ1v) is 11.2. The molecular weight excluding hydrogens is 351 g/mol. The Hall–Kier alpha value is -0.250. The third-order valence-corrected chi connectivity index (χ3v) is 4.14. The summed E-state index contributed by atoms with van der Waals surface area (Å²) in [7, 11) is 4.81. The summed E-state index contributed by atoms with van der Waals surface area (Å²) in [5.74, 6) is 2.76. The van der Waals surface area contributed by atoms with Crippen molar-refractivity contribution in [1.82, 2.24) is 0 Å². The van der Waals surface area contributed by atoms with Crippen molar-refractivity contribution in [2.24, 2.45) is 11.8 Å². The van der Waals surface area contributed by atoms with Gasteiger partial charge in [-0.3, -0.25) is 0 Å². The maximum Gasteiger partial charge on any atom is 0.317 e. The van der Waals surface area contributed by atoms with Gasteiger partial charge in [-0.2, -0.15) is 8.42 Å². The molecule has 5 heteroatoms. The molecule has 0 amide bonds. The standard InChI is InChI=1S/C18H30.Cl2O2S/c1-12(2)15(7)10-17-9-8-16(13(3)4)11-18(17)14(5)6;1-5(2,3)4/h8-9,11-15H,10H2,1-7H3;. The molecule has 0 N–H and O–H groups in total. The van der Waals surface area contributed by atoms with Gasteiger partial charge < -0.3 is 0 Å². The van der Waals surface area contributed by atoms with Gasteiger partial charge in [-0.1, -0.05) is 66.7 Å². The van der Waals surface area contributed by atoms with E-state index in [1.54, 1.807) is 11.1 Å². The highest BCUT2D eigenvalue weighted by Crippen LogP contribution is 2.28. The zero-order valence-electron chi connectivity index (χ0n) is 15.2. The molecule has 0 spiro atoms. The smallest absolute Gasteiger partial charge is 0.195 e. The van der Waals surface area contributed by atoms with Crippen molar-refractivity contribution >= 4 is 29.6 Å². The van der Waals surface area contributed by atoms with Gasteiger partial charge in [0.25, 0.3) is 0 Å². The summed E-state index contributed by atoms with van der Waals surface area (Å²) in [4.78, 5) is 0. The van der Waals surface area contributed by atoms with Crippen molar-refractivity contribution < 1.29 is 8.42 Å². The second-order valence-corrected chi connectivity index (χ2v) is 10.7. The Kier molecular flexibility index (Phi) is 9.80. The zero-order chi connectivity index (χ0) is 18.4. The second-order valence-electron chi connectivity index (χ2n) is 7.07. The lowest BCUT2D eigenvalue weighted by atomic mass is 9.85. The number of rotatable bonds is 5. The highest BCUT2D eigenvalue weighted by Gasteiger charge is 2.14. The van der Waals surface area contributed by atoms with E-state index in [4.69, 9.17) is 8.42 Å². The Morgan fingerprint density at radius 1 is 0.913 bits per heavy atom. The van der Waals surface area contributed by atoms with Crippen LogP contribution in [0.25, 0.3) is 0 Å². The maximum absolute atomic E-state index is 9.16. The summed E-state index contributed by atoms with van der Waals surface area (Å²) >= 11 is 0. The number of benzene rings is 1. The fourth-order valence-electron chi connectivity index (χ4n) is 2.28. The van der Waals surface area contributed by atoms with E-state index in [0.29, 0.717) is 11.8 Å². The van der Waals surface area contributed by atoms with E-state index in [0.717, 1.165) is 11.8 Å². The summed E-state index contributed by atoms with van der Waals surface area (Å²) in [6.07, 6.45) is 1.21. The van der Waals surface area contributed by atoms with Crippen LogP contribution >= 0.6 is 21.4 Å². The molecule has 0 aliphatic heterocycles. The normalized spacial score (nSPS) is 13.2. The predicted octanol–water partition coefficient (Wildman–Crippen LogP) is 6.48. The molecule has 0 radical (unpaired) electrons. The first-order chi connectivity index (χ1) is 10.3. The van der Waals surface area contributed by atoms with Gasteiger partial charge in [0.15, 0.2) is 0 Å². The van der Waals surface area contributed by atoms with Crippen LogP contribution in [0.2, 0.25) is 0 Å². The Bertz CT molecular complexity index is 571. The fourth-order valence-corrected chi connectivity index (χ4v) is 2.28. The quantitative estimate of drug-likeness (QED) is 0.547. The van der Waals surface area contributed by atoms with Gasteiger partial charge in [0.05, 0.1) is 0 Å². The number of hydrogen-bond acceptors (Lipinski definition) is 2. The average Bonchev–Trinajstić information content (AvgIpc) is 2.36. The van der Waals surface area contributed by atoms with Crippen LogP contribution < -0.4 is 0 Å². The third-order valence-electron chi connectivity index (χ3n) is 4.14. The first-order valence-electron chi connectivity index (χ1n) is 8.09. The molecule has 23 heavy (non-hydrogen) atoms. The molecule has 0 aromatic heterocycles. The molecule has 1 aromatic carbocycles. The summed E-state index contributed by atoms with van der Waals surface area (Å²) in [6.45, 7) is 16.2. The Morgan fingerprint density at radius 3 is 1.74 bits per heavy atom. The Morgan fingerprint density at radius 2 is 1.39 bits per heavy atom. The molecule has 0 fully saturated rings. The summed E-state index contributed by atoms with van der Waals surface area (Å²) in [5.41, 5.74) is 4.57. The number of hydrogen-bond donors (Lipinski definition) is 0. The molecule has 134 valence electrons. The van der Waals surface area contributed by atoms with Gasteiger partial charge in [-0.15, -0.1) is 0 Å². The van der Waals surface area contributed by atoms with Crippen LogP contribution in [0.5, 0.6) is 0 Å². The van der Waals surface area contributed by atoms with E-state index in [9.17, 15) is 0 Å². The molecule has 1 aromatic rings. The van der Waals surface area contributed by atoms with Crippen molar-refractivity contribution in [2.45, 2.75) is 66.7 Å². The summed E-state index contributed by atoms with van der Waals surface area (Å²) in [6, 6.07) is 7.11. The molecule has 1 unspecified atom stereocenters. The minimum Gasteiger partial charge on any atom is -0.195 e. The zero-order valence-corrected chi connectivity index (χ0v) is 17.6. The molecule has 0 saturated carbocycles. The fraction of sp³-hybridized carbons (Fsp3) is 0.667. The van der Waals surface area contributed by atoms with Gasteiger partial charge in [-0.25, -0.2) is 0 Å². The maximum atomic E-state index is 9.16. The van der Waals surface area contributed by atoms with Gasteiger partial charge in [-0.05, 0) is 46.8 Å². The van der Waals surface area contributed by atoms with Crippen LogP contribution in [0, 0.1) is 11.8 Å². The monoisotopic (exact) mass is 380 g/mol. The van der Waals surface area contributed by atoms with Crippen molar-refractivity contribution in [3.8, 4) is 0 Å². The van der Waals surface area contributed by atoms with Gasteiger partial charge >= 0.3 is 8.26 Å². The molecule has 1 atom stereocenters. The molecule has 0 aliphatic rings. The van der Waals surface area contributed by atoms with Crippen LogP contribution in [-0.2, 0) is 14.7 Å². The summed E-state index contributed by atoms with van der Waals surface area (Å²) < 4.78 is 18.3. The SMILES string of the molecule is CC(C)c1ccc(CC(C)C(C)C)c(C(C)C)c1.O=S(=O)(Cl)Cl. The van der Waals surface area contributed by atoms with Crippen LogP contribution in [0.1, 0.15) is 77.0 Å². The second kappa shape index (κ2) is 9.90. The lowest BCUT2D eigenvalue weighted by Gasteiger charge is -2.21. The molecule has 2 nitrogen and oxygen atoms in total. The van der Waals surface area contributed by atoms with Gasteiger partial charge in [0, 0.05) is 21.4 Å². The molecular formula is C18H30Cl2O2S. The minimum absolute atomic E-state index is 0.623. The molecule has 1 rings (SSSR count). The van der Waals surface area contributed by atoms with E-state index in [1.165, 1.54) is 12.0 Å². The van der Waals surface area contributed by atoms with E-state index >= 15 is 0 Å². The van der Waals surface area contributed by atoms with Crippen LogP contribution in [0.3, 0.4) is 0 Å². The molecule has 0 aliphatic carbocycles. The summed E-state index contributed by atoms with van der Waals surface area (Å²) in [5, 5.41) is 0. The molecule has 0 bridgehead atoms. The van der Waals surface area contributed by atoms with E-state index < -0.39 is 8.26 Å². The topological polar surface area (TPSA) is 34.1 Å². The highest BCUT2D eigenvalue weighted by atomic mass is 36.0. The lowest BCUT2D eigenvalue weighted by molar-refractivity contribution is 0.416. The predicted molar refractivity (Wildman–Crippen MR) is 103 cm³/mol. The first kappa shape index (κ1) is 22.8. The Labute approximate surface area is 151 Å². The third kappa shape index (κ3) is 10.3. The average molecular weight is 381 g/mol. The van der Waals surface area contributed by atoms with Crippen LogP contribution in [0.4, 0.5) is 0 Å². The van der Waals surface area contributed by atoms with E-state index in [2.05, 4.69) is 88.0 Å². The highest BCUT2D eigenvalue weighted by molar-refractivity contribution is 8.31. The van der Waals surface area contributed by atoms with Crippen molar-refractivity contribution in [2.75, 3.05) is 0 Å². The van der Waals surface area contributed by atoms with E-state index in [1.807, 2.05) is 0 Å².